The first-order valence-electron chi connectivity index (χ1n) is 9.01. The molecule has 26 heavy (non-hydrogen) atoms. The van der Waals surface area contributed by atoms with Gasteiger partial charge >= 0.3 is 0 Å². The van der Waals surface area contributed by atoms with Gasteiger partial charge in [-0.25, -0.2) is 4.99 Å². The molecule has 4 heterocycles. The van der Waals surface area contributed by atoms with Crippen LogP contribution in [0, 0.1) is 0 Å². The number of hydrogen-bond acceptors (Lipinski definition) is 5. The Kier molecular flexibility index (Phi) is 9.48. The topological polar surface area (TPSA) is 58.7 Å². The lowest BCUT2D eigenvalue weighted by atomic mass is 10.1. The summed E-state index contributed by atoms with van der Waals surface area (Å²) in [4.78, 5) is 16.1. The zero-order valence-electron chi connectivity index (χ0n) is 17.0. The molecule has 0 atom stereocenters. The molecule has 0 amide bonds. The molecule has 0 bridgehead atoms. The summed E-state index contributed by atoms with van der Waals surface area (Å²) in [6, 6.07) is 0. The number of aliphatic imine (C=N–C) groups is 4. The van der Waals surface area contributed by atoms with E-state index in [9.17, 15) is 0 Å². The van der Waals surface area contributed by atoms with E-state index < -0.39 is 0 Å². The average Bonchev–Trinajstić information content (AvgIpc) is 3.34. The van der Waals surface area contributed by atoms with Crippen LogP contribution >= 0.6 is 0 Å². The molecule has 0 aromatic heterocycles. The van der Waals surface area contributed by atoms with Gasteiger partial charge in [0.25, 0.3) is 0 Å². The molecule has 0 aromatic rings. The Morgan fingerprint density at radius 2 is 1.81 bits per heavy atom. The Balaban J connectivity index is 0.000000175. The Hall–Kier alpha value is -2.30. The predicted molar refractivity (Wildman–Crippen MR) is 114 cm³/mol. The lowest BCUT2D eigenvalue weighted by Gasteiger charge is -2.07. The summed E-state index contributed by atoms with van der Waals surface area (Å²) in [6.45, 7) is 13.7. The summed E-state index contributed by atoms with van der Waals surface area (Å²) >= 11 is 0. The summed E-state index contributed by atoms with van der Waals surface area (Å²) in [5.74, 6) is 0.815. The molecule has 5 nitrogen and oxygen atoms in total. The van der Waals surface area contributed by atoms with Crippen molar-refractivity contribution >= 4 is 23.5 Å². The van der Waals surface area contributed by atoms with Gasteiger partial charge in [0.15, 0.2) is 5.90 Å². The molecule has 5 heteroatoms. The Morgan fingerprint density at radius 1 is 1.04 bits per heavy atom. The quantitative estimate of drug-likeness (QED) is 0.605. The summed E-state index contributed by atoms with van der Waals surface area (Å²) in [7, 11) is 0. The second kappa shape index (κ2) is 11.3. The van der Waals surface area contributed by atoms with Crippen LogP contribution in [0.25, 0.3) is 0 Å². The zero-order chi connectivity index (χ0) is 19.4. The minimum absolute atomic E-state index is 0.0318. The van der Waals surface area contributed by atoms with Gasteiger partial charge in [-0.1, -0.05) is 12.2 Å². The van der Waals surface area contributed by atoms with Gasteiger partial charge < -0.3 is 4.74 Å². The molecule has 0 saturated carbocycles. The molecule has 4 aliphatic heterocycles. The van der Waals surface area contributed by atoms with E-state index in [1.165, 1.54) is 11.3 Å². The van der Waals surface area contributed by atoms with E-state index in [0.717, 1.165) is 37.6 Å². The SMILES string of the molecule is CC1=CN=CC1.CC1=NC(C)(C)CO1.CC1=NC=CC1.CC1=NCC=C1. The van der Waals surface area contributed by atoms with Gasteiger partial charge in [-0.2, -0.15) is 0 Å². The highest BCUT2D eigenvalue weighted by Crippen LogP contribution is 2.15. The van der Waals surface area contributed by atoms with Crippen LogP contribution in [0.1, 0.15) is 54.4 Å². The van der Waals surface area contributed by atoms with E-state index >= 15 is 0 Å². The molecule has 4 rings (SSSR count). The van der Waals surface area contributed by atoms with Crippen LogP contribution < -0.4 is 0 Å². The van der Waals surface area contributed by atoms with E-state index in [1.54, 1.807) is 0 Å². The van der Waals surface area contributed by atoms with Crippen molar-refractivity contribution in [2.24, 2.45) is 20.0 Å². The highest BCUT2D eigenvalue weighted by Gasteiger charge is 2.23. The first-order chi connectivity index (χ1) is 12.3. The lowest BCUT2D eigenvalue weighted by molar-refractivity contribution is 0.277. The van der Waals surface area contributed by atoms with Crippen molar-refractivity contribution in [1.82, 2.24) is 0 Å². The van der Waals surface area contributed by atoms with Crippen LogP contribution in [-0.4, -0.2) is 42.2 Å². The predicted octanol–water partition coefficient (Wildman–Crippen LogP) is 4.96. The Labute approximate surface area is 158 Å². The normalized spacial score (nSPS) is 20.4. The van der Waals surface area contributed by atoms with Crippen molar-refractivity contribution in [3.63, 3.8) is 0 Å². The molecular weight excluding hydrogens is 324 g/mol. The number of hydrogen-bond donors (Lipinski definition) is 0. The fourth-order valence-electron chi connectivity index (χ4n) is 2.13. The molecule has 0 unspecified atom stereocenters. The van der Waals surface area contributed by atoms with E-state index in [2.05, 4.69) is 52.9 Å². The van der Waals surface area contributed by atoms with Crippen molar-refractivity contribution in [2.45, 2.75) is 59.9 Å². The molecule has 4 aliphatic rings. The molecule has 0 aromatic carbocycles. The van der Waals surface area contributed by atoms with Gasteiger partial charge in [0.05, 0.1) is 12.1 Å². The molecular formula is C21H32N4O. The maximum Gasteiger partial charge on any atom is 0.180 e. The smallest absolute Gasteiger partial charge is 0.180 e. The summed E-state index contributed by atoms with van der Waals surface area (Å²) in [6.07, 6.45) is 13.9. The molecule has 0 aliphatic carbocycles. The maximum atomic E-state index is 5.12. The largest absolute Gasteiger partial charge is 0.479 e. The standard InChI is InChI=1S/C6H11NO.3C5H7N/c1-5-7-6(2,3)4-8-5;1-5-2-3-6-4-5;2*1-5-3-2-4-6-5/h4H2,1-3H3;3-4H,2H2,1H3;2,4H,3H2,1H3;2-3H,4H2,1H3. The van der Waals surface area contributed by atoms with Gasteiger partial charge in [-0.05, 0) is 46.3 Å². The first kappa shape index (κ1) is 21.7. The second-order valence-electron chi connectivity index (χ2n) is 7.08. The third-order valence-corrected chi connectivity index (χ3v) is 3.53. The summed E-state index contributed by atoms with van der Waals surface area (Å²) < 4.78 is 5.12. The van der Waals surface area contributed by atoms with Crippen LogP contribution in [0.5, 0.6) is 0 Å². The molecule has 142 valence electrons. The fourth-order valence-corrected chi connectivity index (χ4v) is 2.13. The van der Waals surface area contributed by atoms with Crippen molar-refractivity contribution in [1.29, 1.82) is 0 Å². The van der Waals surface area contributed by atoms with E-state index in [0.29, 0.717) is 0 Å². The van der Waals surface area contributed by atoms with Crippen molar-refractivity contribution in [3.05, 3.63) is 36.2 Å². The van der Waals surface area contributed by atoms with E-state index in [-0.39, 0.29) is 5.54 Å². The van der Waals surface area contributed by atoms with Crippen LogP contribution in [0.3, 0.4) is 0 Å². The summed E-state index contributed by atoms with van der Waals surface area (Å²) in [5, 5.41) is 0. The van der Waals surface area contributed by atoms with Gasteiger partial charge in [-0.15, -0.1) is 0 Å². The molecule has 0 spiro atoms. The minimum Gasteiger partial charge on any atom is -0.479 e. The molecule has 0 radical (unpaired) electrons. The highest BCUT2D eigenvalue weighted by molar-refractivity contribution is 5.94. The fraction of sp³-hybridized carbons (Fsp3) is 0.524. The third kappa shape index (κ3) is 10.5. The van der Waals surface area contributed by atoms with Gasteiger partial charge in [0.1, 0.15) is 6.61 Å². The lowest BCUT2D eigenvalue weighted by Crippen LogP contribution is -2.17. The van der Waals surface area contributed by atoms with Gasteiger partial charge in [0.2, 0.25) is 0 Å². The van der Waals surface area contributed by atoms with Crippen LogP contribution in [0.4, 0.5) is 0 Å². The maximum absolute atomic E-state index is 5.12. The Morgan fingerprint density at radius 3 is 1.96 bits per heavy atom. The highest BCUT2D eigenvalue weighted by atomic mass is 16.5. The van der Waals surface area contributed by atoms with Gasteiger partial charge in [-0.3, -0.25) is 15.0 Å². The van der Waals surface area contributed by atoms with Crippen LogP contribution in [-0.2, 0) is 4.74 Å². The van der Waals surface area contributed by atoms with Crippen molar-refractivity contribution < 1.29 is 4.74 Å². The van der Waals surface area contributed by atoms with Gasteiger partial charge in [0, 0.05) is 49.8 Å². The Bertz CT molecular complexity index is 631. The molecule has 0 N–H and O–H groups in total. The van der Waals surface area contributed by atoms with Crippen LogP contribution in [0.15, 0.2) is 56.2 Å². The van der Waals surface area contributed by atoms with Crippen LogP contribution in [0.2, 0.25) is 0 Å². The average molecular weight is 357 g/mol. The number of rotatable bonds is 0. The monoisotopic (exact) mass is 356 g/mol. The summed E-state index contributed by atoms with van der Waals surface area (Å²) in [5.41, 5.74) is 3.75. The molecule has 0 fully saturated rings. The number of nitrogens with zero attached hydrogens (tertiary/aromatic N) is 4. The molecule has 0 saturated heterocycles. The number of allylic oxidation sites excluding steroid dienone is 3. The zero-order valence-corrected chi connectivity index (χ0v) is 17.0. The van der Waals surface area contributed by atoms with E-state index in [1.807, 2.05) is 45.5 Å². The third-order valence-electron chi connectivity index (χ3n) is 3.53. The van der Waals surface area contributed by atoms with E-state index in [4.69, 9.17) is 4.74 Å². The number of ether oxygens (including phenoxy) is 1. The first-order valence-corrected chi connectivity index (χ1v) is 9.01. The van der Waals surface area contributed by atoms with Crippen molar-refractivity contribution in [2.75, 3.05) is 13.2 Å². The second-order valence-corrected chi connectivity index (χ2v) is 7.08. The minimum atomic E-state index is 0.0318. The van der Waals surface area contributed by atoms with Crippen molar-refractivity contribution in [3.8, 4) is 0 Å².